The summed E-state index contributed by atoms with van der Waals surface area (Å²) in [6.45, 7) is 12.0. The fraction of sp³-hybridized carbons (Fsp3) is 0.742. The number of rotatable bonds is 7. The number of methoxy groups -OCH3 is 1. The Bertz CT molecular complexity index is 1170. The molecule has 40 heavy (non-hydrogen) atoms. The lowest BCUT2D eigenvalue weighted by molar-refractivity contribution is -0.159. The van der Waals surface area contributed by atoms with Crippen molar-refractivity contribution < 1.29 is 33.6 Å². The lowest BCUT2D eigenvalue weighted by atomic mass is 9.51. The Kier molecular flexibility index (Phi) is 7.31. The standard InChI is InChI=1S/C31H46N2O7/c1-29(2,3)39-24(35)12-11-20(28(36)40-30(4,5)6)32-19-10-9-18-21-15-17-23(37-8)16-22(34)26-25(17)31(18,27(19)38-26)13-14-33(21)7/h16,18-21,27,32,34H,9-15H2,1-8H3/t18-,19+,20-,21+,27-,31-/m0/s1. The summed E-state index contributed by atoms with van der Waals surface area (Å²) in [5.74, 6) is 1.00. The van der Waals surface area contributed by atoms with Crippen LogP contribution in [0.15, 0.2) is 6.07 Å². The van der Waals surface area contributed by atoms with Crippen LogP contribution in [0.4, 0.5) is 0 Å². The van der Waals surface area contributed by atoms with Crippen molar-refractivity contribution in [3.8, 4) is 17.2 Å². The van der Waals surface area contributed by atoms with Crippen LogP contribution >= 0.6 is 0 Å². The van der Waals surface area contributed by atoms with E-state index in [2.05, 4.69) is 17.3 Å². The second kappa shape index (κ2) is 10.1. The summed E-state index contributed by atoms with van der Waals surface area (Å²) >= 11 is 0. The topological polar surface area (TPSA) is 107 Å². The number of piperidine rings is 1. The first-order valence-corrected chi connectivity index (χ1v) is 14.7. The lowest BCUT2D eigenvalue weighted by Crippen LogP contribution is -2.69. The fourth-order valence-corrected chi connectivity index (χ4v) is 7.70. The van der Waals surface area contributed by atoms with E-state index in [1.54, 1.807) is 13.2 Å². The first-order chi connectivity index (χ1) is 18.6. The van der Waals surface area contributed by atoms with E-state index in [-0.39, 0.29) is 48.1 Å². The van der Waals surface area contributed by atoms with Crippen LogP contribution in [0.5, 0.6) is 17.2 Å². The van der Waals surface area contributed by atoms with Gasteiger partial charge in [0.2, 0.25) is 0 Å². The molecule has 2 fully saturated rings. The van der Waals surface area contributed by atoms with Crippen LogP contribution < -0.4 is 14.8 Å². The second-order valence-corrected chi connectivity index (χ2v) is 14.0. The molecule has 0 unspecified atom stereocenters. The van der Waals surface area contributed by atoms with Gasteiger partial charge in [0.05, 0.1) is 7.11 Å². The van der Waals surface area contributed by atoms with Crippen molar-refractivity contribution in [1.29, 1.82) is 0 Å². The molecule has 5 rings (SSSR count). The van der Waals surface area contributed by atoms with E-state index in [1.807, 2.05) is 41.5 Å². The monoisotopic (exact) mass is 558 g/mol. The summed E-state index contributed by atoms with van der Waals surface area (Å²) in [5, 5.41) is 14.6. The maximum atomic E-state index is 13.4. The van der Waals surface area contributed by atoms with Gasteiger partial charge in [-0.3, -0.25) is 14.9 Å². The number of aromatic hydroxyl groups is 1. The first-order valence-electron chi connectivity index (χ1n) is 14.7. The van der Waals surface area contributed by atoms with Crippen LogP contribution in [0.1, 0.15) is 84.8 Å². The van der Waals surface area contributed by atoms with Crippen molar-refractivity contribution in [2.45, 2.75) is 121 Å². The van der Waals surface area contributed by atoms with Gasteiger partial charge in [0, 0.05) is 41.1 Å². The number of nitrogens with zero attached hydrogens (tertiary/aromatic N) is 1. The molecule has 1 spiro atoms. The second-order valence-electron chi connectivity index (χ2n) is 14.0. The molecule has 1 saturated carbocycles. The highest BCUT2D eigenvalue weighted by atomic mass is 16.6. The molecular formula is C31H46N2O7. The largest absolute Gasteiger partial charge is 0.504 e. The summed E-state index contributed by atoms with van der Waals surface area (Å²) in [6, 6.07) is 1.15. The van der Waals surface area contributed by atoms with Crippen LogP contribution in [0.25, 0.3) is 0 Å². The first kappa shape index (κ1) is 29.0. The minimum atomic E-state index is -0.703. The van der Waals surface area contributed by atoms with Gasteiger partial charge < -0.3 is 29.0 Å². The fourth-order valence-electron chi connectivity index (χ4n) is 7.70. The molecule has 0 amide bonds. The third-order valence-corrected chi connectivity index (χ3v) is 9.07. The molecule has 2 heterocycles. The Morgan fingerprint density at radius 1 is 1.18 bits per heavy atom. The molecule has 2 N–H and O–H groups in total. The van der Waals surface area contributed by atoms with E-state index in [9.17, 15) is 14.7 Å². The van der Waals surface area contributed by atoms with Crippen LogP contribution in [0.3, 0.4) is 0 Å². The number of hydrogen-bond acceptors (Lipinski definition) is 9. The number of phenolic OH excluding ortho intramolecular Hbond substituents is 1. The minimum Gasteiger partial charge on any atom is -0.504 e. The number of esters is 2. The molecule has 9 heteroatoms. The SMILES string of the molecule is COc1cc(O)c2c3c1C[C@@H]1[C@@H]4CC[C@@H](N[C@@H](CCC(=O)OC(C)(C)C)C(=O)OC(C)(C)C)[C@H](O2)[C@]34CCN1C. The average Bonchev–Trinajstić information content (AvgIpc) is 3.19. The van der Waals surface area contributed by atoms with Crippen molar-refractivity contribution in [2.75, 3.05) is 20.7 Å². The van der Waals surface area contributed by atoms with E-state index < -0.39 is 17.2 Å². The van der Waals surface area contributed by atoms with Crippen LogP contribution in [-0.4, -0.2) is 78.1 Å². The summed E-state index contributed by atoms with van der Waals surface area (Å²) in [6.07, 6.45) is 3.63. The highest BCUT2D eigenvalue weighted by Gasteiger charge is 2.66. The van der Waals surface area contributed by atoms with Crippen molar-refractivity contribution >= 4 is 11.9 Å². The molecule has 1 aromatic carbocycles. The van der Waals surface area contributed by atoms with Crippen LogP contribution in [0.2, 0.25) is 0 Å². The zero-order chi connectivity index (χ0) is 29.2. The number of likely N-dealkylation sites (N-methyl/N-ethyl adjacent to an activating group) is 1. The number of carbonyl (C=O) groups is 2. The third kappa shape index (κ3) is 5.04. The average molecular weight is 559 g/mol. The molecule has 0 radical (unpaired) electrons. The quantitative estimate of drug-likeness (QED) is 0.483. The normalized spacial score (nSPS) is 29.7. The summed E-state index contributed by atoms with van der Waals surface area (Å²) < 4.78 is 23.7. The Labute approximate surface area is 237 Å². The Hall–Kier alpha value is -2.52. The van der Waals surface area contributed by atoms with Crippen molar-refractivity contribution in [3.05, 3.63) is 17.2 Å². The summed E-state index contributed by atoms with van der Waals surface area (Å²) in [5.41, 5.74) is 0.671. The van der Waals surface area contributed by atoms with Crippen molar-refractivity contribution in [3.63, 3.8) is 0 Å². The predicted octanol–water partition coefficient (Wildman–Crippen LogP) is 3.86. The van der Waals surface area contributed by atoms with Crippen molar-refractivity contribution in [1.82, 2.24) is 10.2 Å². The van der Waals surface area contributed by atoms with Gasteiger partial charge in [0.15, 0.2) is 11.5 Å². The molecular weight excluding hydrogens is 512 g/mol. The Morgan fingerprint density at radius 2 is 1.88 bits per heavy atom. The molecule has 0 aromatic heterocycles. The highest BCUT2D eigenvalue weighted by molar-refractivity contribution is 5.78. The zero-order valence-electron chi connectivity index (χ0n) is 25.3. The number of ether oxygens (including phenoxy) is 4. The van der Waals surface area contributed by atoms with Gasteiger partial charge in [-0.1, -0.05) is 0 Å². The van der Waals surface area contributed by atoms with Gasteiger partial charge in [-0.15, -0.1) is 0 Å². The Balaban J connectivity index is 1.46. The number of phenols is 1. The van der Waals surface area contributed by atoms with Crippen molar-refractivity contribution in [2.24, 2.45) is 5.92 Å². The zero-order valence-corrected chi connectivity index (χ0v) is 25.3. The lowest BCUT2D eigenvalue weighted by Gasteiger charge is -2.59. The third-order valence-electron chi connectivity index (χ3n) is 9.07. The number of benzene rings is 1. The molecule has 2 bridgehead atoms. The summed E-state index contributed by atoms with van der Waals surface area (Å²) in [4.78, 5) is 28.5. The van der Waals surface area contributed by atoms with E-state index in [1.165, 1.54) is 0 Å². The molecule has 2 aliphatic heterocycles. The van der Waals surface area contributed by atoms with E-state index >= 15 is 0 Å². The maximum absolute atomic E-state index is 13.4. The van der Waals surface area contributed by atoms with Gasteiger partial charge >= 0.3 is 11.9 Å². The van der Waals surface area contributed by atoms with Gasteiger partial charge in [-0.25, -0.2) is 0 Å². The maximum Gasteiger partial charge on any atom is 0.323 e. The Morgan fingerprint density at radius 3 is 2.52 bits per heavy atom. The molecule has 2 aliphatic carbocycles. The van der Waals surface area contributed by atoms with Gasteiger partial charge in [-0.05, 0) is 93.2 Å². The summed E-state index contributed by atoms with van der Waals surface area (Å²) in [7, 11) is 3.84. The van der Waals surface area contributed by atoms with E-state index in [0.717, 1.165) is 43.4 Å². The van der Waals surface area contributed by atoms with E-state index in [4.69, 9.17) is 18.9 Å². The van der Waals surface area contributed by atoms with Crippen LogP contribution in [-0.2, 0) is 30.9 Å². The molecule has 6 atom stereocenters. The van der Waals surface area contributed by atoms with Gasteiger partial charge in [-0.2, -0.15) is 0 Å². The van der Waals surface area contributed by atoms with E-state index in [0.29, 0.717) is 23.5 Å². The number of hydrogen-bond donors (Lipinski definition) is 2. The van der Waals surface area contributed by atoms with Gasteiger partial charge in [0.1, 0.15) is 29.1 Å². The minimum absolute atomic E-state index is 0.0927. The highest BCUT2D eigenvalue weighted by Crippen LogP contribution is 2.65. The number of likely N-dealkylation sites (tertiary alicyclic amines) is 1. The molecule has 4 aliphatic rings. The number of carbonyl (C=O) groups excluding carboxylic acids is 2. The van der Waals surface area contributed by atoms with Crippen LogP contribution in [0, 0.1) is 5.92 Å². The molecule has 9 nitrogen and oxygen atoms in total. The molecule has 1 saturated heterocycles. The number of nitrogens with one attached hydrogen (secondary N) is 1. The predicted molar refractivity (Wildman–Crippen MR) is 150 cm³/mol. The van der Waals surface area contributed by atoms with Gasteiger partial charge in [0.25, 0.3) is 0 Å². The smallest absolute Gasteiger partial charge is 0.323 e. The molecule has 222 valence electrons. The molecule has 1 aromatic rings.